The standard InChI is InChI=1S/C17H13ClF2N2O3S/c18-11-7-10(5-6-13(11)25-17(19)20)21-15(23)8-22-12-3-1-2-4-14(12)26-9-16(22)24/h1-7,17H,8-9H2,(H,21,23). The fraction of sp³-hybridized carbons (Fsp3) is 0.176. The summed E-state index contributed by atoms with van der Waals surface area (Å²) in [5.74, 6) is -0.520. The summed E-state index contributed by atoms with van der Waals surface area (Å²) in [6.07, 6.45) is 0. The van der Waals surface area contributed by atoms with E-state index in [-0.39, 0.29) is 29.0 Å². The molecule has 3 rings (SSSR count). The van der Waals surface area contributed by atoms with E-state index in [1.807, 2.05) is 12.1 Å². The maximum absolute atomic E-state index is 12.3. The molecule has 0 bridgehead atoms. The van der Waals surface area contributed by atoms with Gasteiger partial charge in [0.15, 0.2) is 0 Å². The summed E-state index contributed by atoms with van der Waals surface area (Å²) in [6, 6.07) is 11.3. The van der Waals surface area contributed by atoms with Crippen LogP contribution in [0.4, 0.5) is 20.2 Å². The van der Waals surface area contributed by atoms with Crippen molar-refractivity contribution in [1.29, 1.82) is 0 Å². The molecule has 136 valence electrons. The van der Waals surface area contributed by atoms with Crippen molar-refractivity contribution in [3.05, 3.63) is 47.5 Å². The number of carbonyl (C=O) groups is 2. The van der Waals surface area contributed by atoms with Crippen LogP contribution in [0.25, 0.3) is 0 Å². The maximum Gasteiger partial charge on any atom is 0.387 e. The van der Waals surface area contributed by atoms with Gasteiger partial charge in [-0.05, 0) is 30.3 Å². The monoisotopic (exact) mass is 398 g/mol. The lowest BCUT2D eigenvalue weighted by atomic mass is 10.2. The van der Waals surface area contributed by atoms with Gasteiger partial charge in [-0.3, -0.25) is 9.59 Å². The van der Waals surface area contributed by atoms with Crippen molar-refractivity contribution in [2.45, 2.75) is 11.5 Å². The minimum atomic E-state index is -2.99. The minimum Gasteiger partial charge on any atom is -0.433 e. The van der Waals surface area contributed by atoms with Gasteiger partial charge in [0, 0.05) is 10.6 Å². The molecular formula is C17H13ClF2N2O3S. The molecule has 2 aromatic carbocycles. The Hall–Kier alpha value is -2.32. The predicted octanol–water partition coefficient (Wildman–Crippen LogP) is 4.02. The molecule has 0 aromatic heterocycles. The highest BCUT2D eigenvalue weighted by atomic mass is 35.5. The molecule has 0 atom stereocenters. The van der Waals surface area contributed by atoms with Gasteiger partial charge in [-0.25, -0.2) is 0 Å². The van der Waals surface area contributed by atoms with E-state index >= 15 is 0 Å². The first-order valence-corrected chi connectivity index (χ1v) is 8.87. The van der Waals surface area contributed by atoms with Crippen molar-refractivity contribution < 1.29 is 23.1 Å². The molecule has 0 saturated heterocycles. The number of anilines is 2. The number of amides is 2. The molecule has 0 unspecified atom stereocenters. The van der Waals surface area contributed by atoms with E-state index in [0.29, 0.717) is 11.4 Å². The van der Waals surface area contributed by atoms with Crippen LogP contribution in [0, 0.1) is 0 Å². The highest BCUT2D eigenvalue weighted by Gasteiger charge is 2.26. The molecular weight excluding hydrogens is 386 g/mol. The van der Waals surface area contributed by atoms with Crippen LogP contribution in [-0.4, -0.2) is 30.7 Å². The molecule has 0 spiro atoms. The lowest BCUT2D eigenvalue weighted by Gasteiger charge is -2.28. The fourth-order valence-electron chi connectivity index (χ4n) is 2.44. The zero-order valence-corrected chi connectivity index (χ0v) is 14.8. The zero-order chi connectivity index (χ0) is 18.7. The van der Waals surface area contributed by atoms with Crippen molar-refractivity contribution in [3.8, 4) is 5.75 Å². The number of nitrogens with zero attached hydrogens (tertiary/aromatic N) is 1. The third kappa shape index (κ3) is 4.25. The summed E-state index contributed by atoms with van der Waals surface area (Å²) in [5, 5.41) is 2.54. The topological polar surface area (TPSA) is 58.6 Å². The van der Waals surface area contributed by atoms with E-state index in [0.717, 1.165) is 4.90 Å². The van der Waals surface area contributed by atoms with Crippen LogP contribution < -0.4 is 15.0 Å². The van der Waals surface area contributed by atoms with E-state index in [4.69, 9.17) is 11.6 Å². The van der Waals surface area contributed by atoms with Crippen molar-refractivity contribution >= 4 is 46.6 Å². The molecule has 1 aliphatic rings. The average molecular weight is 399 g/mol. The van der Waals surface area contributed by atoms with Gasteiger partial charge in [0.05, 0.1) is 16.5 Å². The summed E-state index contributed by atoms with van der Waals surface area (Å²) in [5.41, 5.74) is 0.997. The molecule has 0 aliphatic carbocycles. The first-order chi connectivity index (χ1) is 12.4. The minimum absolute atomic E-state index is 0.0566. The maximum atomic E-state index is 12.3. The molecule has 9 heteroatoms. The first kappa shape index (κ1) is 18.5. The van der Waals surface area contributed by atoms with Crippen LogP contribution in [0.2, 0.25) is 5.02 Å². The third-order valence-corrected chi connectivity index (χ3v) is 4.88. The smallest absolute Gasteiger partial charge is 0.387 e. The van der Waals surface area contributed by atoms with Gasteiger partial charge in [-0.15, -0.1) is 11.8 Å². The van der Waals surface area contributed by atoms with Crippen LogP contribution in [0.5, 0.6) is 5.75 Å². The molecule has 0 fully saturated rings. The van der Waals surface area contributed by atoms with E-state index < -0.39 is 12.5 Å². The number of thioether (sulfide) groups is 1. The van der Waals surface area contributed by atoms with Crippen LogP contribution in [0.1, 0.15) is 0 Å². The van der Waals surface area contributed by atoms with Crippen molar-refractivity contribution in [1.82, 2.24) is 0 Å². The first-order valence-electron chi connectivity index (χ1n) is 7.50. The van der Waals surface area contributed by atoms with Gasteiger partial charge in [0.2, 0.25) is 11.8 Å². The van der Waals surface area contributed by atoms with Crippen molar-refractivity contribution in [3.63, 3.8) is 0 Å². The summed E-state index contributed by atoms with van der Waals surface area (Å²) >= 11 is 7.29. The van der Waals surface area contributed by atoms with Gasteiger partial charge in [-0.1, -0.05) is 23.7 Å². The Labute approximate surface area is 157 Å². The number of hydrogen-bond donors (Lipinski definition) is 1. The Morgan fingerprint density at radius 3 is 2.81 bits per heavy atom. The Morgan fingerprint density at radius 1 is 1.31 bits per heavy atom. The van der Waals surface area contributed by atoms with E-state index in [2.05, 4.69) is 10.1 Å². The molecule has 1 N–H and O–H groups in total. The Balaban J connectivity index is 1.70. The molecule has 1 aliphatic heterocycles. The number of ether oxygens (including phenoxy) is 1. The summed E-state index contributed by atoms with van der Waals surface area (Å²) in [7, 11) is 0. The number of alkyl halides is 2. The Morgan fingerprint density at radius 2 is 2.08 bits per heavy atom. The summed E-state index contributed by atoms with van der Waals surface area (Å²) < 4.78 is 28.7. The SMILES string of the molecule is O=C(CN1C(=O)CSc2ccccc21)Nc1ccc(OC(F)F)c(Cl)c1. The molecule has 2 amide bonds. The van der Waals surface area contributed by atoms with E-state index in [9.17, 15) is 18.4 Å². The number of nitrogens with one attached hydrogen (secondary N) is 1. The molecule has 2 aromatic rings. The molecule has 5 nitrogen and oxygen atoms in total. The van der Waals surface area contributed by atoms with Gasteiger partial charge in [0.25, 0.3) is 0 Å². The Bertz CT molecular complexity index is 851. The summed E-state index contributed by atoms with van der Waals surface area (Å²) in [4.78, 5) is 26.8. The second-order valence-corrected chi connectivity index (χ2v) is 6.73. The van der Waals surface area contributed by atoms with Gasteiger partial charge < -0.3 is 15.0 Å². The largest absolute Gasteiger partial charge is 0.433 e. The highest BCUT2D eigenvalue weighted by molar-refractivity contribution is 8.00. The zero-order valence-electron chi connectivity index (χ0n) is 13.2. The lowest BCUT2D eigenvalue weighted by Crippen LogP contribution is -2.41. The average Bonchev–Trinajstić information content (AvgIpc) is 2.59. The number of para-hydroxylation sites is 1. The van der Waals surface area contributed by atoms with Crippen LogP contribution in [0.3, 0.4) is 0 Å². The second-order valence-electron chi connectivity index (χ2n) is 5.31. The highest BCUT2D eigenvalue weighted by Crippen LogP contribution is 2.35. The fourth-order valence-corrected chi connectivity index (χ4v) is 3.60. The number of halogens is 3. The van der Waals surface area contributed by atoms with E-state index in [1.165, 1.54) is 34.9 Å². The van der Waals surface area contributed by atoms with E-state index in [1.54, 1.807) is 12.1 Å². The van der Waals surface area contributed by atoms with Crippen molar-refractivity contribution in [2.24, 2.45) is 0 Å². The predicted molar refractivity (Wildman–Crippen MR) is 96.2 cm³/mol. The quantitative estimate of drug-likeness (QED) is 0.826. The second kappa shape index (κ2) is 7.92. The van der Waals surface area contributed by atoms with Gasteiger partial charge in [-0.2, -0.15) is 8.78 Å². The molecule has 26 heavy (non-hydrogen) atoms. The van der Waals surface area contributed by atoms with Crippen molar-refractivity contribution in [2.75, 3.05) is 22.5 Å². The Kier molecular flexibility index (Phi) is 5.63. The molecule has 0 radical (unpaired) electrons. The van der Waals surface area contributed by atoms with Crippen LogP contribution in [0.15, 0.2) is 47.4 Å². The van der Waals surface area contributed by atoms with Crippen LogP contribution >= 0.6 is 23.4 Å². The number of carbonyl (C=O) groups excluding carboxylic acids is 2. The normalized spacial score (nSPS) is 13.5. The summed E-state index contributed by atoms with van der Waals surface area (Å²) in [6.45, 7) is -3.15. The number of benzene rings is 2. The number of hydrogen-bond acceptors (Lipinski definition) is 4. The molecule has 1 heterocycles. The molecule has 0 saturated carbocycles. The number of rotatable bonds is 5. The number of fused-ring (bicyclic) bond motifs is 1. The lowest BCUT2D eigenvalue weighted by molar-refractivity contribution is -0.120. The van der Waals surface area contributed by atoms with Gasteiger partial charge in [0.1, 0.15) is 12.3 Å². The van der Waals surface area contributed by atoms with Crippen LogP contribution in [-0.2, 0) is 9.59 Å². The third-order valence-electron chi connectivity index (χ3n) is 3.54. The van der Waals surface area contributed by atoms with Gasteiger partial charge >= 0.3 is 6.61 Å².